The first-order valence-electron chi connectivity index (χ1n) is 4.64. The average molecular weight is 195 g/mol. The van der Waals surface area contributed by atoms with Crippen LogP contribution in [0.25, 0.3) is 0 Å². The van der Waals surface area contributed by atoms with E-state index < -0.39 is 5.60 Å². The second-order valence-electron chi connectivity index (χ2n) is 4.07. The Morgan fingerprint density at radius 3 is 2.36 bits per heavy atom. The first-order chi connectivity index (χ1) is 6.53. The molecule has 0 amide bonds. The number of aliphatic hydroxyl groups is 1. The molecule has 0 saturated carbocycles. The molecule has 0 saturated heterocycles. The summed E-state index contributed by atoms with van der Waals surface area (Å²) in [6, 6.07) is 7.81. The van der Waals surface area contributed by atoms with Gasteiger partial charge >= 0.3 is 0 Å². The van der Waals surface area contributed by atoms with Gasteiger partial charge in [-0.3, -0.25) is 4.84 Å². The van der Waals surface area contributed by atoms with Crippen molar-refractivity contribution < 1.29 is 9.94 Å². The maximum Gasteiger partial charge on any atom is 0.0932 e. The summed E-state index contributed by atoms with van der Waals surface area (Å²) in [5, 5.41) is 9.69. The van der Waals surface area contributed by atoms with Crippen molar-refractivity contribution in [3.63, 3.8) is 0 Å². The quantitative estimate of drug-likeness (QED) is 0.714. The molecule has 3 nitrogen and oxygen atoms in total. The van der Waals surface area contributed by atoms with Crippen LogP contribution in [0.5, 0.6) is 0 Å². The molecule has 1 aromatic rings. The molecule has 0 aliphatic rings. The first kappa shape index (κ1) is 11.2. The minimum atomic E-state index is -0.704. The SMILES string of the molecule is CC(C)(O)Cc1ccccc1CON. The van der Waals surface area contributed by atoms with Gasteiger partial charge in [0.25, 0.3) is 0 Å². The van der Waals surface area contributed by atoms with Gasteiger partial charge in [-0.1, -0.05) is 24.3 Å². The molecule has 0 heterocycles. The number of benzene rings is 1. The Morgan fingerprint density at radius 2 is 1.86 bits per heavy atom. The highest BCUT2D eigenvalue weighted by Crippen LogP contribution is 2.16. The van der Waals surface area contributed by atoms with Gasteiger partial charge in [0, 0.05) is 6.42 Å². The second-order valence-corrected chi connectivity index (χ2v) is 4.07. The third-order valence-corrected chi connectivity index (χ3v) is 1.98. The third kappa shape index (κ3) is 3.46. The van der Waals surface area contributed by atoms with Crippen molar-refractivity contribution in [2.24, 2.45) is 5.90 Å². The molecular weight excluding hydrogens is 178 g/mol. The smallest absolute Gasteiger partial charge is 0.0932 e. The molecule has 0 aromatic heterocycles. The first-order valence-corrected chi connectivity index (χ1v) is 4.64. The molecule has 0 unspecified atom stereocenters. The standard InChI is InChI=1S/C11H17NO2/c1-11(2,13)7-9-5-3-4-6-10(9)8-14-12/h3-6,13H,7-8,12H2,1-2H3. The zero-order valence-electron chi connectivity index (χ0n) is 8.66. The van der Waals surface area contributed by atoms with E-state index >= 15 is 0 Å². The van der Waals surface area contributed by atoms with E-state index in [9.17, 15) is 5.11 Å². The molecule has 0 atom stereocenters. The van der Waals surface area contributed by atoms with Crippen LogP contribution in [0.15, 0.2) is 24.3 Å². The monoisotopic (exact) mass is 195 g/mol. The van der Waals surface area contributed by atoms with Gasteiger partial charge in [-0.2, -0.15) is 0 Å². The lowest BCUT2D eigenvalue weighted by Crippen LogP contribution is -2.22. The Balaban J connectivity index is 2.84. The lowest BCUT2D eigenvalue weighted by Gasteiger charge is -2.19. The summed E-state index contributed by atoms with van der Waals surface area (Å²) < 4.78 is 0. The Labute approximate surface area is 84.5 Å². The molecule has 0 fully saturated rings. The van der Waals surface area contributed by atoms with Crippen LogP contribution in [0.3, 0.4) is 0 Å². The normalized spacial score (nSPS) is 11.7. The topological polar surface area (TPSA) is 55.5 Å². The van der Waals surface area contributed by atoms with E-state index in [4.69, 9.17) is 5.90 Å². The van der Waals surface area contributed by atoms with Crippen LogP contribution in [0.1, 0.15) is 25.0 Å². The van der Waals surface area contributed by atoms with Gasteiger partial charge in [0.2, 0.25) is 0 Å². The molecular formula is C11H17NO2. The lowest BCUT2D eigenvalue weighted by molar-refractivity contribution is 0.0791. The largest absolute Gasteiger partial charge is 0.390 e. The van der Waals surface area contributed by atoms with Crippen molar-refractivity contribution in [3.05, 3.63) is 35.4 Å². The van der Waals surface area contributed by atoms with E-state index in [0.717, 1.165) is 11.1 Å². The fraction of sp³-hybridized carbons (Fsp3) is 0.455. The molecule has 3 N–H and O–H groups in total. The van der Waals surface area contributed by atoms with Crippen LogP contribution in [-0.4, -0.2) is 10.7 Å². The summed E-state index contributed by atoms with van der Waals surface area (Å²) in [5.41, 5.74) is 1.40. The van der Waals surface area contributed by atoms with Crippen LogP contribution < -0.4 is 5.90 Å². The molecule has 0 aliphatic carbocycles. The van der Waals surface area contributed by atoms with Crippen molar-refractivity contribution in [2.75, 3.05) is 0 Å². The summed E-state index contributed by atoms with van der Waals surface area (Å²) >= 11 is 0. The summed E-state index contributed by atoms with van der Waals surface area (Å²) in [7, 11) is 0. The van der Waals surface area contributed by atoms with Crippen LogP contribution in [0.2, 0.25) is 0 Å². The summed E-state index contributed by atoms with van der Waals surface area (Å²) in [6.45, 7) is 3.95. The van der Waals surface area contributed by atoms with Gasteiger partial charge in [-0.25, -0.2) is 5.90 Å². The minimum absolute atomic E-state index is 0.381. The molecule has 0 aliphatic heterocycles. The van der Waals surface area contributed by atoms with Crippen molar-refractivity contribution in [3.8, 4) is 0 Å². The molecule has 1 rings (SSSR count). The van der Waals surface area contributed by atoms with Gasteiger partial charge in [0.05, 0.1) is 12.2 Å². The average Bonchev–Trinajstić information content (AvgIpc) is 2.06. The fourth-order valence-electron chi connectivity index (χ4n) is 1.43. The molecule has 1 aromatic carbocycles. The van der Waals surface area contributed by atoms with E-state index in [2.05, 4.69) is 4.84 Å². The Kier molecular flexibility index (Phi) is 3.63. The van der Waals surface area contributed by atoms with E-state index in [1.807, 2.05) is 24.3 Å². The summed E-state index contributed by atoms with van der Waals surface area (Å²) in [6.07, 6.45) is 0.604. The lowest BCUT2D eigenvalue weighted by atomic mass is 9.95. The zero-order chi connectivity index (χ0) is 10.6. The highest BCUT2D eigenvalue weighted by Gasteiger charge is 2.15. The number of nitrogens with two attached hydrogens (primary N) is 1. The van der Waals surface area contributed by atoms with Crippen LogP contribution >= 0.6 is 0 Å². The Bertz CT molecular complexity index is 292. The van der Waals surface area contributed by atoms with Crippen molar-refractivity contribution in [1.29, 1.82) is 0 Å². The molecule has 0 radical (unpaired) electrons. The van der Waals surface area contributed by atoms with Crippen molar-refractivity contribution in [2.45, 2.75) is 32.5 Å². The third-order valence-electron chi connectivity index (χ3n) is 1.98. The van der Waals surface area contributed by atoms with Gasteiger partial charge in [0.1, 0.15) is 0 Å². The molecule has 78 valence electrons. The van der Waals surface area contributed by atoms with Gasteiger partial charge < -0.3 is 5.11 Å². The minimum Gasteiger partial charge on any atom is -0.390 e. The van der Waals surface area contributed by atoms with Gasteiger partial charge in [-0.05, 0) is 25.0 Å². The van der Waals surface area contributed by atoms with Crippen molar-refractivity contribution in [1.82, 2.24) is 0 Å². The van der Waals surface area contributed by atoms with E-state index in [1.165, 1.54) is 0 Å². The van der Waals surface area contributed by atoms with E-state index in [0.29, 0.717) is 13.0 Å². The van der Waals surface area contributed by atoms with Gasteiger partial charge in [0.15, 0.2) is 0 Å². The molecule has 3 heteroatoms. The highest BCUT2D eigenvalue weighted by atomic mass is 16.6. The fourth-order valence-corrected chi connectivity index (χ4v) is 1.43. The molecule has 14 heavy (non-hydrogen) atoms. The van der Waals surface area contributed by atoms with Crippen LogP contribution in [0, 0.1) is 0 Å². The van der Waals surface area contributed by atoms with Gasteiger partial charge in [-0.15, -0.1) is 0 Å². The number of rotatable bonds is 4. The number of hydrogen-bond acceptors (Lipinski definition) is 3. The summed E-state index contributed by atoms with van der Waals surface area (Å²) in [5.74, 6) is 5.03. The van der Waals surface area contributed by atoms with Crippen molar-refractivity contribution >= 4 is 0 Å². The van der Waals surface area contributed by atoms with E-state index in [1.54, 1.807) is 13.8 Å². The molecule has 0 bridgehead atoms. The zero-order valence-corrected chi connectivity index (χ0v) is 8.66. The summed E-state index contributed by atoms with van der Waals surface area (Å²) in [4.78, 5) is 4.60. The number of hydrogen-bond donors (Lipinski definition) is 2. The van der Waals surface area contributed by atoms with Crippen LogP contribution in [-0.2, 0) is 17.9 Å². The van der Waals surface area contributed by atoms with Crippen LogP contribution in [0.4, 0.5) is 0 Å². The maximum atomic E-state index is 9.69. The highest BCUT2D eigenvalue weighted by molar-refractivity contribution is 5.27. The Morgan fingerprint density at radius 1 is 1.29 bits per heavy atom. The Hall–Kier alpha value is -0.900. The molecule has 0 spiro atoms. The predicted molar refractivity (Wildman–Crippen MR) is 55.4 cm³/mol. The second kappa shape index (κ2) is 4.55. The predicted octanol–water partition coefficient (Wildman–Crippen LogP) is 1.39. The maximum absolute atomic E-state index is 9.69. The van der Waals surface area contributed by atoms with E-state index in [-0.39, 0.29) is 0 Å².